The first-order valence-electron chi connectivity index (χ1n) is 17.9. The van der Waals surface area contributed by atoms with Gasteiger partial charge in [-0.3, -0.25) is 19.2 Å². The molecule has 398 valence electrons. The van der Waals surface area contributed by atoms with Gasteiger partial charge in [-0.2, -0.15) is 52.7 Å². The van der Waals surface area contributed by atoms with Gasteiger partial charge >= 0.3 is 98.1 Å². The summed E-state index contributed by atoms with van der Waals surface area (Å²) in [5, 5.41) is 1.15. The quantitative estimate of drug-likeness (QED) is 0.0284. The monoisotopic (exact) mass is 1170 g/mol. The molecule has 2 aromatic rings. The molecule has 1 aliphatic heterocycles. The third-order valence-electron chi connectivity index (χ3n) is 6.41. The van der Waals surface area contributed by atoms with E-state index in [1.165, 1.54) is 20.8 Å². The summed E-state index contributed by atoms with van der Waals surface area (Å²) in [7, 11) is 9.63. The number of ether oxygens (including phenoxy) is 4. The van der Waals surface area contributed by atoms with E-state index >= 15 is 0 Å². The molecule has 0 bridgehead atoms. The zero-order valence-electron chi connectivity index (χ0n) is 36.3. The second-order valence-electron chi connectivity index (χ2n) is 11.3. The number of amides is 1. The van der Waals surface area contributed by atoms with Gasteiger partial charge in [0.2, 0.25) is 16.7 Å². The number of methoxy groups -OCH3 is 1. The second-order valence-corrected chi connectivity index (χ2v) is 13.0. The number of nitrogens with zero attached hydrogens (tertiary/aromatic N) is 2. The Morgan fingerprint density at radius 3 is 1.56 bits per heavy atom. The molecule has 18 nitrogen and oxygen atoms in total. The van der Waals surface area contributed by atoms with E-state index in [4.69, 9.17) is 11.6 Å². The van der Waals surface area contributed by atoms with Gasteiger partial charge in [0, 0.05) is 15.3 Å². The Balaban J connectivity index is -0.000000191. The second kappa shape index (κ2) is 35.4. The normalized spacial score (nSPS) is 11.9. The summed E-state index contributed by atoms with van der Waals surface area (Å²) in [4.78, 5) is 89.2. The summed E-state index contributed by atoms with van der Waals surface area (Å²) < 4.78 is 170. The van der Waals surface area contributed by atoms with Gasteiger partial charge in [0.1, 0.15) is 22.8 Å². The number of aromatic amines is 2. The SMILES string of the molecule is C=CC(=O)Cl.CCOC(=O)C1=C(C(F)(F)F)NC(=O)CC1.CCOC(=O)c1cc(Br)c(=O)[nH]c1C(F)(F)F.CCOC(=O)c1ccc(=O)[nH]c1C(F)(F)F.COC(=O)/C=C(/N)C(F)(F)F.[2HH].[2HH].[B]=NS.[B]=NS. The van der Waals surface area contributed by atoms with Gasteiger partial charge in [0.25, 0.3) is 5.56 Å². The summed E-state index contributed by atoms with van der Waals surface area (Å²) >= 11 is 13.8. The summed E-state index contributed by atoms with van der Waals surface area (Å²) in [6, 6.07) is 2.42. The molecule has 36 heteroatoms. The number of carbonyl (C=O) groups excluding carboxylic acids is 6. The van der Waals surface area contributed by atoms with Crippen molar-refractivity contribution in [2.75, 3.05) is 26.9 Å². The summed E-state index contributed by atoms with van der Waals surface area (Å²) in [6.45, 7) is 7.38. The van der Waals surface area contributed by atoms with Gasteiger partial charge in [-0.05, 0) is 72.9 Å². The van der Waals surface area contributed by atoms with Crippen LogP contribution in [-0.2, 0) is 50.5 Å². The van der Waals surface area contributed by atoms with Crippen molar-refractivity contribution in [1.29, 1.82) is 0 Å². The van der Waals surface area contributed by atoms with Crippen LogP contribution in [0.2, 0.25) is 0 Å². The Morgan fingerprint density at radius 2 is 1.20 bits per heavy atom. The van der Waals surface area contributed by atoms with Crippen molar-refractivity contribution in [3.05, 3.63) is 102 Å². The molecule has 5 N–H and O–H groups in total. The number of nitrogens with one attached hydrogen (secondary N) is 3. The van der Waals surface area contributed by atoms with E-state index in [2.05, 4.69) is 96.7 Å². The van der Waals surface area contributed by atoms with Gasteiger partial charge in [0.15, 0.2) is 0 Å². The number of allylic oxidation sites excluding steroid dienone is 3. The Kier molecular flexibility index (Phi) is 35.8. The molecule has 1 aliphatic rings. The van der Waals surface area contributed by atoms with E-state index in [9.17, 15) is 91.0 Å². The fourth-order valence-corrected chi connectivity index (χ4v) is 4.08. The van der Waals surface area contributed by atoms with E-state index in [0.29, 0.717) is 0 Å². The number of rotatable bonds is 8. The Hall–Kier alpha value is -5.70. The number of H-pyrrole nitrogens is 2. The van der Waals surface area contributed by atoms with Crippen LogP contribution in [0, 0.1) is 0 Å². The maximum absolute atomic E-state index is 12.6. The predicted molar refractivity (Wildman–Crippen MR) is 241 cm³/mol. The van der Waals surface area contributed by atoms with Crippen molar-refractivity contribution < 1.29 is 103 Å². The molecule has 0 atom stereocenters. The average Bonchev–Trinajstić information content (AvgIpc) is 3.24. The molecule has 0 aliphatic carbocycles. The van der Waals surface area contributed by atoms with Crippen LogP contribution < -0.4 is 22.2 Å². The molecule has 0 spiro atoms. The molecule has 2 aromatic heterocycles. The van der Waals surface area contributed by atoms with Crippen LogP contribution >= 0.6 is 53.2 Å². The number of hydrogen-bond acceptors (Lipinski definition) is 17. The Morgan fingerprint density at radius 1 is 0.789 bits per heavy atom. The first kappa shape index (κ1) is 71.8. The number of thiol groups is 2. The molecule has 0 saturated carbocycles. The molecule has 0 unspecified atom stereocenters. The maximum atomic E-state index is 12.6. The van der Waals surface area contributed by atoms with Crippen LogP contribution in [0.5, 0.6) is 0 Å². The Bertz CT molecular complexity index is 2340. The summed E-state index contributed by atoms with van der Waals surface area (Å²) in [5.41, 5.74) is -4.96. The van der Waals surface area contributed by atoms with Gasteiger partial charge in [-0.25, -0.2) is 19.2 Å². The topological polar surface area (TPSA) is 268 Å². The standard InChI is InChI=1S/C9H7BrF3NO3.C9H10F3NO3.C9H8F3NO3.C5H6F3NO2.C3H3ClO.2BHNS.2H2/c1-2-17-8(16)4-3-5(10)7(15)14-6(4)9(11,12)13;2*1-2-16-8(15)5-3-4-6(14)13-7(5)9(10,11)12;1-11-4(10)2-3(9)5(6,7)8;1-2-3(4)5;2*1-2-3;;/h3H,2H2,1H3,(H,14,15);2-4H2,1H3,(H,13,14);3-4H,2H2,1H3,(H,13,14);2H,9H2,1H3;2H,1H2;2*3H;2*1H/b;;;3-2+;;;;;/i;;;;;;;2*1+1. The van der Waals surface area contributed by atoms with Crippen LogP contribution in [-0.4, -0.2) is 99.6 Å². The number of hydrogen-bond donors (Lipinski definition) is 6. The van der Waals surface area contributed by atoms with Gasteiger partial charge in [-0.15, -0.1) is 0 Å². The van der Waals surface area contributed by atoms with Crippen LogP contribution in [0.25, 0.3) is 0 Å². The summed E-state index contributed by atoms with van der Waals surface area (Å²) in [5.74, 6) is -5.17. The molecule has 0 aromatic carbocycles. The van der Waals surface area contributed by atoms with Crippen molar-refractivity contribution in [3.63, 3.8) is 0 Å². The number of esters is 4. The number of nitrogens with two attached hydrogens (primary N) is 1. The third kappa shape index (κ3) is 31.3. The predicted octanol–water partition coefficient (Wildman–Crippen LogP) is 7.54. The van der Waals surface area contributed by atoms with Crippen molar-refractivity contribution in [2.45, 2.75) is 58.3 Å². The average molecular weight is 1170 g/mol. The number of alkyl halides is 12. The van der Waals surface area contributed by atoms with E-state index in [0.717, 1.165) is 31.4 Å². The van der Waals surface area contributed by atoms with Crippen LogP contribution in [0.1, 0.15) is 68.6 Å². The fraction of sp³-hybridized carbons (Fsp3) is 0.371. The molecular formula is C35H40B2BrClF12N6O12S2. The van der Waals surface area contributed by atoms with E-state index in [1.54, 1.807) is 15.3 Å². The van der Waals surface area contributed by atoms with Crippen molar-refractivity contribution in [2.24, 2.45) is 14.3 Å². The zero-order chi connectivity index (χ0) is 56.7. The fourth-order valence-electron chi connectivity index (χ4n) is 3.75. The van der Waals surface area contributed by atoms with Crippen molar-refractivity contribution in [3.8, 4) is 0 Å². The molecular weight excluding hydrogens is 1130 g/mol. The van der Waals surface area contributed by atoms with Crippen LogP contribution in [0.15, 0.2) is 76.6 Å². The first-order chi connectivity index (χ1) is 32.5. The summed E-state index contributed by atoms with van der Waals surface area (Å²) in [6.07, 6.45) is -18.2. The molecule has 1 amide bonds. The molecule has 0 saturated heterocycles. The minimum absolute atomic E-state index is 0. The number of aromatic nitrogens is 2. The van der Waals surface area contributed by atoms with Crippen LogP contribution in [0.3, 0.4) is 0 Å². The third-order valence-corrected chi connectivity index (χ3v) is 7.15. The molecule has 2 radical (unpaired) electrons. The first-order valence-corrected chi connectivity index (χ1v) is 19.9. The Labute approximate surface area is 421 Å². The zero-order valence-corrected chi connectivity index (χ0v) is 40.5. The minimum atomic E-state index is -4.83. The van der Waals surface area contributed by atoms with Crippen LogP contribution in [0.4, 0.5) is 52.7 Å². The molecule has 3 heterocycles. The van der Waals surface area contributed by atoms with Crippen molar-refractivity contribution in [1.82, 2.24) is 15.3 Å². The number of pyridine rings is 2. The van der Waals surface area contributed by atoms with E-state index in [-0.39, 0.29) is 46.1 Å². The van der Waals surface area contributed by atoms with E-state index in [1.807, 2.05) is 0 Å². The molecule has 71 heavy (non-hydrogen) atoms. The number of halogens is 14. The molecule has 0 fully saturated rings. The molecule has 3 rings (SSSR count). The van der Waals surface area contributed by atoms with Gasteiger partial charge < -0.3 is 40.0 Å². The van der Waals surface area contributed by atoms with Gasteiger partial charge in [0.05, 0.1) is 54.2 Å². The van der Waals surface area contributed by atoms with E-state index < -0.39 is 110 Å². The van der Waals surface area contributed by atoms with Gasteiger partial charge in [-0.1, -0.05) is 6.58 Å². The van der Waals surface area contributed by atoms with Crippen molar-refractivity contribution >= 4 is 103 Å². The number of carbonyl (C=O) groups is 6.